The van der Waals surface area contributed by atoms with Crippen LogP contribution in [0.1, 0.15) is 42.5 Å². The lowest BCUT2D eigenvalue weighted by Gasteiger charge is -2.35. The Kier molecular flexibility index (Phi) is 4.22. The van der Waals surface area contributed by atoms with Crippen molar-refractivity contribution in [1.82, 2.24) is 14.5 Å². The zero-order chi connectivity index (χ0) is 18.3. The summed E-state index contributed by atoms with van der Waals surface area (Å²) < 4.78 is 15.5. The minimum atomic E-state index is -0.538. The van der Waals surface area contributed by atoms with Crippen LogP contribution in [0.2, 0.25) is 0 Å². The van der Waals surface area contributed by atoms with Gasteiger partial charge in [-0.1, -0.05) is 6.07 Å². The molecule has 1 saturated heterocycles. The van der Waals surface area contributed by atoms with Crippen molar-refractivity contribution in [3.8, 4) is 0 Å². The highest BCUT2D eigenvalue weighted by molar-refractivity contribution is 6.01. The third-order valence-corrected chi connectivity index (χ3v) is 5.38. The van der Waals surface area contributed by atoms with Gasteiger partial charge in [0.2, 0.25) is 11.8 Å². The third-order valence-electron chi connectivity index (χ3n) is 5.38. The van der Waals surface area contributed by atoms with Crippen molar-refractivity contribution in [1.29, 1.82) is 0 Å². The number of rotatable bonds is 2. The second kappa shape index (κ2) is 6.55. The lowest BCUT2D eigenvalue weighted by atomic mass is 9.88. The van der Waals surface area contributed by atoms with E-state index in [0.29, 0.717) is 30.3 Å². The van der Waals surface area contributed by atoms with Crippen LogP contribution in [0, 0.1) is 5.82 Å². The molecule has 2 amide bonds. The first-order valence-corrected chi connectivity index (χ1v) is 8.88. The van der Waals surface area contributed by atoms with Gasteiger partial charge in [0.15, 0.2) is 0 Å². The number of fused-ring (bicyclic) bond motifs is 1. The average molecular weight is 356 g/mol. The molecule has 1 aromatic carbocycles. The molecule has 136 valence electrons. The van der Waals surface area contributed by atoms with Gasteiger partial charge >= 0.3 is 0 Å². The Bertz CT molecular complexity index is 855. The highest BCUT2D eigenvalue weighted by atomic mass is 19.1. The zero-order valence-electron chi connectivity index (χ0n) is 14.6. The number of piperidine rings is 1. The van der Waals surface area contributed by atoms with E-state index in [-0.39, 0.29) is 18.2 Å². The molecule has 1 N–H and O–H groups in total. The quantitative estimate of drug-likeness (QED) is 0.898. The Hall–Kier alpha value is -2.70. The topological polar surface area (TPSA) is 67.2 Å². The number of halogens is 1. The first kappa shape index (κ1) is 16.8. The van der Waals surface area contributed by atoms with Gasteiger partial charge in [0.05, 0.1) is 5.92 Å². The van der Waals surface area contributed by atoms with Crippen molar-refractivity contribution < 1.29 is 14.0 Å². The van der Waals surface area contributed by atoms with Crippen molar-refractivity contribution in [3.05, 3.63) is 47.8 Å². The maximum Gasteiger partial charge on any atom is 0.230 e. The van der Waals surface area contributed by atoms with Gasteiger partial charge in [0.25, 0.3) is 0 Å². The number of benzene rings is 1. The van der Waals surface area contributed by atoms with E-state index >= 15 is 0 Å². The van der Waals surface area contributed by atoms with E-state index in [9.17, 15) is 14.0 Å². The normalized spacial score (nSPS) is 20.6. The molecule has 1 aromatic heterocycles. The van der Waals surface area contributed by atoms with Crippen LogP contribution >= 0.6 is 0 Å². The largest absolute Gasteiger partial charge is 0.342 e. The SMILES string of the molecule is Cn1ccnc1C1CCN(C(=O)[C@@H]2CC(=O)Nc3cc(F)ccc32)CC1. The van der Waals surface area contributed by atoms with Crippen molar-refractivity contribution in [2.24, 2.45) is 7.05 Å². The predicted molar refractivity (Wildman–Crippen MR) is 94.2 cm³/mol. The fraction of sp³-hybridized carbons (Fsp3) is 0.421. The smallest absolute Gasteiger partial charge is 0.230 e. The number of hydrogen-bond acceptors (Lipinski definition) is 3. The summed E-state index contributed by atoms with van der Waals surface area (Å²) >= 11 is 0. The minimum Gasteiger partial charge on any atom is -0.342 e. The second-order valence-corrected chi connectivity index (χ2v) is 7.03. The number of nitrogens with zero attached hydrogens (tertiary/aromatic N) is 3. The van der Waals surface area contributed by atoms with E-state index < -0.39 is 11.7 Å². The number of amides is 2. The second-order valence-electron chi connectivity index (χ2n) is 7.03. The van der Waals surface area contributed by atoms with Crippen LogP contribution in [-0.4, -0.2) is 39.4 Å². The number of anilines is 1. The van der Waals surface area contributed by atoms with Crippen LogP contribution < -0.4 is 5.32 Å². The van der Waals surface area contributed by atoms with Crippen LogP contribution in [0.5, 0.6) is 0 Å². The van der Waals surface area contributed by atoms with Gasteiger partial charge in [-0.2, -0.15) is 0 Å². The Morgan fingerprint density at radius 3 is 2.77 bits per heavy atom. The monoisotopic (exact) mass is 356 g/mol. The summed E-state index contributed by atoms with van der Waals surface area (Å²) in [4.78, 5) is 31.2. The summed E-state index contributed by atoms with van der Waals surface area (Å²) in [6.07, 6.45) is 5.54. The standard InChI is InChI=1S/C19H21FN4O2/c1-23-9-6-21-18(23)12-4-7-24(8-5-12)19(26)15-11-17(25)22-16-10-13(20)2-3-14(15)16/h2-3,6,9-10,12,15H,4-5,7-8,11H2,1H3,(H,22,25)/t15-/m1/s1. The summed E-state index contributed by atoms with van der Waals surface area (Å²) in [7, 11) is 1.98. The van der Waals surface area contributed by atoms with Gasteiger partial charge in [0, 0.05) is 50.6 Å². The Labute approximate surface area is 151 Å². The van der Waals surface area contributed by atoms with Crippen LogP contribution in [-0.2, 0) is 16.6 Å². The van der Waals surface area contributed by atoms with Gasteiger partial charge < -0.3 is 14.8 Å². The number of aromatic nitrogens is 2. The van der Waals surface area contributed by atoms with Crippen LogP contribution in [0.15, 0.2) is 30.6 Å². The van der Waals surface area contributed by atoms with Gasteiger partial charge in [0.1, 0.15) is 11.6 Å². The van der Waals surface area contributed by atoms with Crippen LogP contribution in [0.25, 0.3) is 0 Å². The molecule has 1 fully saturated rings. The summed E-state index contributed by atoms with van der Waals surface area (Å²) in [6.45, 7) is 1.29. The molecular weight excluding hydrogens is 335 g/mol. The number of likely N-dealkylation sites (tertiary alicyclic amines) is 1. The lowest BCUT2D eigenvalue weighted by Crippen LogP contribution is -2.42. The van der Waals surface area contributed by atoms with Crippen molar-refractivity contribution >= 4 is 17.5 Å². The van der Waals surface area contributed by atoms with E-state index in [4.69, 9.17) is 0 Å². The molecule has 1 atom stereocenters. The average Bonchev–Trinajstić information content (AvgIpc) is 3.06. The van der Waals surface area contributed by atoms with Crippen molar-refractivity contribution in [3.63, 3.8) is 0 Å². The number of carbonyl (C=O) groups is 2. The fourth-order valence-electron chi connectivity index (χ4n) is 4.01. The zero-order valence-corrected chi connectivity index (χ0v) is 14.6. The molecule has 2 aliphatic rings. The molecule has 4 rings (SSSR count). The predicted octanol–water partition coefficient (Wildman–Crippen LogP) is 2.39. The van der Waals surface area contributed by atoms with Crippen molar-refractivity contribution in [2.75, 3.05) is 18.4 Å². The summed E-state index contributed by atoms with van der Waals surface area (Å²) in [5.41, 5.74) is 1.10. The molecule has 0 bridgehead atoms. The summed E-state index contributed by atoms with van der Waals surface area (Å²) in [5.74, 6) is 0.137. The van der Waals surface area contributed by atoms with Crippen LogP contribution in [0.4, 0.5) is 10.1 Å². The first-order chi connectivity index (χ1) is 12.5. The van der Waals surface area contributed by atoms with Crippen LogP contribution in [0.3, 0.4) is 0 Å². The molecule has 0 spiro atoms. The molecule has 0 saturated carbocycles. The highest BCUT2D eigenvalue weighted by Crippen LogP contribution is 2.35. The summed E-state index contributed by atoms with van der Waals surface area (Å²) in [5, 5.41) is 2.66. The number of nitrogens with one attached hydrogen (secondary N) is 1. The Morgan fingerprint density at radius 1 is 1.31 bits per heavy atom. The molecule has 0 unspecified atom stereocenters. The number of carbonyl (C=O) groups excluding carboxylic acids is 2. The Balaban J connectivity index is 1.49. The van der Waals surface area contributed by atoms with E-state index in [2.05, 4.69) is 10.3 Å². The number of aryl methyl sites for hydroxylation is 1. The van der Waals surface area contributed by atoms with Gasteiger partial charge in [-0.15, -0.1) is 0 Å². The van der Waals surface area contributed by atoms with Gasteiger partial charge in [-0.05, 0) is 30.5 Å². The number of imidazole rings is 1. The molecule has 26 heavy (non-hydrogen) atoms. The molecule has 0 radical (unpaired) electrons. The fourth-order valence-corrected chi connectivity index (χ4v) is 4.01. The highest BCUT2D eigenvalue weighted by Gasteiger charge is 2.35. The van der Waals surface area contributed by atoms with Gasteiger partial charge in [-0.25, -0.2) is 9.37 Å². The number of hydrogen-bond donors (Lipinski definition) is 1. The maximum atomic E-state index is 13.5. The molecule has 6 nitrogen and oxygen atoms in total. The van der Waals surface area contributed by atoms with Gasteiger partial charge in [-0.3, -0.25) is 9.59 Å². The molecule has 2 aliphatic heterocycles. The molecule has 7 heteroatoms. The molecule has 0 aliphatic carbocycles. The summed E-state index contributed by atoms with van der Waals surface area (Å²) in [6, 6.07) is 4.22. The lowest BCUT2D eigenvalue weighted by molar-refractivity contribution is -0.136. The van der Waals surface area contributed by atoms with E-state index in [1.807, 2.05) is 22.7 Å². The van der Waals surface area contributed by atoms with E-state index in [0.717, 1.165) is 18.7 Å². The Morgan fingerprint density at radius 2 is 2.08 bits per heavy atom. The molecule has 2 aromatic rings. The molecular formula is C19H21FN4O2. The maximum absolute atomic E-state index is 13.5. The first-order valence-electron chi connectivity index (χ1n) is 8.88. The third kappa shape index (κ3) is 2.98. The van der Waals surface area contributed by atoms with E-state index in [1.54, 1.807) is 12.3 Å². The minimum absolute atomic E-state index is 0.0500. The van der Waals surface area contributed by atoms with E-state index in [1.165, 1.54) is 12.1 Å². The molecule has 3 heterocycles. The van der Waals surface area contributed by atoms with Crippen molar-refractivity contribution in [2.45, 2.75) is 31.1 Å².